The molecular formula is C7H14IN3. The van der Waals surface area contributed by atoms with E-state index >= 15 is 0 Å². The van der Waals surface area contributed by atoms with Gasteiger partial charge in [0.25, 0.3) is 0 Å². The maximum absolute atomic E-state index is 5.74. The van der Waals surface area contributed by atoms with E-state index in [2.05, 4.69) is 46.3 Å². The summed E-state index contributed by atoms with van der Waals surface area (Å²) in [4.78, 5) is 6.33. The Balaban J connectivity index is 2.71. The zero-order valence-corrected chi connectivity index (χ0v) is 9.13. The van der Waals surface area contributed by atoms with Crippen molar-refractivity contribution in [2.45, 2.75) is 23.8 Å². The van der Waals surface area contributed by atoms with E-state index < -0.39 is 0 Å². The number of hydrogen-bond acceptors (Lipinski definition) is 3. The first kappa shape index (κ1) is 9.09. The van der Waals surface area contributed by atoms with E-state index in [1.165, 1.54) is 0 Å². The normalized spacial score (nSPS) is 19.9. The maximum atomic E-state index is 5.74. The van der Waals surface area contributed by atoms with Gasteiger partial charge in [0.15, 0.2) is 5.96 Å². The van der Waals surface area contributed by atoms with Gasteiger partial charge in [0.1, 0.15) is 0 Å². The van der Waals surface area contributed by atoms with Gasteiger partial charge in [0, 0.05) is 13.1 Å². The van der Waals surface area contributed by atoms with Gasteiger partial charge in [-0.1, -0.05) is 22.6 Å². The first-order valence-electron chi connectivity index (χ1n) is 3.78. The van der Waals surface area contributed by atoms with Crippen LogP contribution in [0, 0.1) is 0 Å². The molecule has 0 bridgehead atoms. The second-order valence-electron chi connectivity index (χ2n) is 3.15. The van der Waals surface area contributed by atoms with Crippen LogP contribution in [-0.4, -0.2) is 27.5 Å². The highest BCUT2D eigenvalue weighted by molar-refractivity contribution is 14.1. The van der Waals surface area contributed by atoms with Crippen LogP contribution >= 0.6 is 22.6 Å². The summed E-state index contributed by atoms with van der Waals surface area (Å²) in [5.74, 6) is 0.690. The van der Waals surface area contributed by atoms with E-state index in [0.717, 1.165) is 19.5 Å². The molecule has 0 atom stereocenters. The predicted molar refractivity (Wildman–Crippen MR) is 55.9 cm³/mol. The largest absolute Gasteiger partial charge is 0.370 e. The molecule has 0 amide bonds. The first-order valence-corrected chi connectivity index (χ1v) is 4.86. The van der Waals surface area contributed by atoms with Crippen molar-refractivity contribution in [3.63, 3.8) is 0 Å². The van der Waals surface area contributed by atoms with Crippen LogP contribution in [0.3, 0.4) is 0 Å². The molecular weight excluding hydrogens is 253 g/mol. The van der Waals surface area contributed by atoms with E-state index in [4.69, 9.17) is 5.73 Å². The number of nitrogens with zero attached hydrogens (tertiary/aromatic N) is 2. The Bertz CT molecular complexity index is 171. The fraction of sp³-hybridized carbons (Fsp3) is 0.857. The molecule has 0 unspecified atom stereocenters. The molecule has 0 aromatic rings. The summed E-state index contributed by atoms with van der Waals surface area (Å²) >= 11 is 2.38. The Morgan fingerprint density at radius 1 is 1.64 bits per heavy atom. The minimum Gasteiger partial charge on any atom is -0.370 e. The van der Waals surface area contributed by atoms with Crippen LogP contribution in [0.5, 0.6) is 0 Å². The smallest absolute Gasteiger partial charge is 0.192 e. The third-order valence-corrected chi connectivity index (χ3v) is 2.31. The van der Waals surface area contributed by atoms with Crippen LogP contribution in [0.2, 0.25) is 0 Å². The van der Waals surface area contributed by atoms with Crippen molar-refractivity contribution in [1.82, 2.24) is 4.90 Å². The zero-order chi connectivity index (χ0) is 8.48. The van der Waals surface area contributed by atoms with Gasteiger partial charge < -0.3 is 10.6 Å². The lowest BCUT2D eigenvalue weighted by Crippen LogP contribution is -2.49. The predicted octanol–water partition coefficient (Wildman–Crippen LogP) is 1.18. The number of hydrogen-bond donors (Lipinski definition) is 1. The molecule has 0 fully saturated rings. The summed E-state index contributed by atoms with van der Waals surface area (Å²) in [6, 6.07) is 0. The van der Waals surface area contributed by atoms with E-state index in [1.54, 1.807) is 0 Å². The summed E-state index contributed by atoms with van der Waals surface area (Å²) in [6.07, 6.45) is 1.12. The number of rotatable bonds is 1. The van der Waals surface area contributed by atoms with Crippen molar-refractivity contribution in [3.05, 3.63) is 0 Å². The standard InChI is InChI=1S/C7H14IN3/c1-7(2,8)11-5-3-4-10-6(11)9/h3-5H2,1-2H3,(H2,9,10). The number of nitrogens with two attached hydrogens (primary N) is 1. The van der Waals surface area contributed by atoms with E-state index in [1.807, 2.05) is 0 Å². The quantitative estimate of drug-likeness (QED) is 0.440. The molecule has 0 aromatic heterocycles. The highest BCUT2D eigenvalue weighted by Crippen LogP contribution is 2.23. The van der Waals surface area contributed by atoms with Crippen molar-refractivity contribution in [3.8, 4) is 0 Å². The van der Waals surface area contributed by atoms with Gasteiger partial charge >= 0.3 is 0 Å². The van der Waals surface area contributed by atoms with E-state index in [-0.39, 0.29) is 3.55 Å². The molecule has 0 spiro atoms. The average Bonchev–Trinajstić information content (AvgIpc) is 1.86. The minimum atomic E-state index is 0.0891. The van der Waals surface area contributed by atoms with Crippen LogP contribution in [0.1, 0.15) is 20.3 Å². The van der Waals surface area contributed by atoms with E-state index in [0.29, 0.717) is 5.96 Å². The fourth-order valence-electron chi connectivity index (χ4n) is 1.16. The third kappa shape index (κ3) is 2.21. The van der Waals surface area contributed by atoms with Crippen molar-refractivity contribution >= 4 is 28.6 Å². The zero-order valence-electron chi connectivity index (χ0n) is 6.97. The monoisotopic (exact) mass is 267 g/mol. The second-order valence-corrected chi connectivity index (χ2v) is 5.79. The molecule has 11 heavy (non-hydrogen) atoms. The Labute approximate surface area is 81.2 Å². The molecule has 0 aliphatic carbocycles. The average molecular weight is 267 g/mol. The molecule has 1 rings (SSSR count). The van der Waals surface area contributed by atoms with Crippen molar-refractivity contribution < 1.29 is 0 Å². The van der Waals surface area contributed by atoms with Gasteiger partial charge in [-0.25, -0.2) is 0 Å². The van der Waals surface area contributed by atoms with Gasteiger partial charge in [-0.2, -0.15) is 0 Å². The highest BCUT2D eigenvalue weighted by Gasteiger charge is 2.25. The van der Waals surface area contributed by atoms with Gasteiger partial charge in [-0.05, 0) is 20.3 Å². The maximum Gasteiger partial charge on any atom is 0.192 e. The van der Waals surface area contributed by atoms with E-state index in [9.17, 15) is 0 Å². The van der Waals surface area contributed by atoms with Crippen molar-refractivity contribution in [2.75, 3.05) is 13.1 Å². The lowest BCUT2D eigenvalue weighted by molar-refractivity contribution is 0.313. The van der Waals surface area contributed by atoms with Crippen molar-refractivity contribution in [2.24, 2.45) is 10.7 Å². The van der Waals surface area contributed by atoms with Crippen LogP contribution in [-0.2, 0) is 0 Å². The molecule has 1 aliphatic heterocycles. The Kier molecular flexibility index (Phi) is 2.61. The molecule has 64 valence electrons. The van der Waals surface area contributed by atoms with Gasteiger partial charge in [-0.15, -0.1) is 0 Å². The molecule has 1 heterocycles. The van der Waals surface area contributed by atoms with Gasteiger partial charge in [0.05, 0.1) is 3.55 Å². The molecule has 4 heteroatoms. The molecule has 3 nitrogen and oxygen atoms in total. The van der Waals surface area contributed by atoms with Crippen molar-refractivity contribution in [1.29, 1.82) is 0 Å². The molecule has 0 saturated heterocycles. The minimum absolute atomic E-state index is 0.0891. The Morgan fingerprint density at radius 2 is 2.27 bits per heavy atom. The highest BCUT2D eigenvalue weighted by atomic mass is 127. The molecule has 0 saturated carbocycles. The Morgan fingerprint density at radius 3 is 2.64 bits per heavy atom. The van der Waals surface area contributed by atoms with Gasteiger partial charge in [-0.3, -0.25) is 4.99 Å². The van der Waals surface area contributed by atoms with Gasteiger partial charge in [0.2, 0.25) is 0 Å². The third-order valence-electron chi connectivity index (χ3n) is 1.73. The second kappa shape index (κ2) is 3.16. The SMILES string of the molecule is CC(C)(I)N1CCCN=C1N. The van der Waals surface area contributed by atoms with Crippen LogP contribution < -0.4 is 5.73 Å². The fourth-order valence-corrected chi connectivity index (χ4v) is 1.65. The summed E-state index contributed by atoms with van der Waals surface area (Å²) < 4.78 is 0.0891. The summed E-state index contributed by atoms with van der Waals surface area (Å²) in [5.41, 5.74) is 5.74. The number of alkyl halides is 1. The lowest BCUT2D eigenvalue weighted by atomic mass is 10.2. The summed E-state index contributed by atoms with van der Waals surface area (Å²) in [5, 5.41) is 0. The summed E-state index contributed by atoms with van der Waals surface area (Å²) in [7, 11) is 0. The number of guanidine groups is 1. The molecule has 0 radical (unpaired) electrons. The van der Waals surface area contributed by atoms with Crippen LogP contribution in [0.25, 0.3) is 0 Å². The molecule has 0 aromatic carbocycles. The topological polar surface area (TPSA) is 41.6 Å². The van der Waals surface area contributed by atoms with Crippen LogP contribution in [0.4, 0.5) is 0 Å². The lowest BCUT2D eigenvalue weighted by Gasteiger charge is -2.36. The number of aliphatic imine (C=N–C) groups is 1. The molecule has 1 aliphatic rings. The van der Waals surface area contributed by atoms with Crippen LogP contribution in [0.15, 0.2) is 4.99 Å². The summed E-state index contributed by atoms with van der Waals surface area (Å²) in [6.45, 7) is 6.20. The number of halogens is 1. The first-order chi connectivity index (χ1) is 5.02. The Hall–Kier alpha value is 0. The molecule has 2 N–H and O–H groups in total.